The van der Waals surface area contributed by atoms with Gasteiger partial charge in [-0.05, 0) is 13.8 Å². The Morgan fingerprint density at radius 1 is 0.667 bits per heavy atom. The average Bonchev–Trinajstić information content (AvgIpc) is 3.47. The molecule has 0 saturated heterocycles. The van der Waals surface area contributed by atoms with Crippen molar-refractivity contribution in [2.24, 2.45) is 0 Å². The number of hydrogen-bond donors (Lipinski definition) is 0. The number of fused-ring (bicyclic) bond motifs is 3. The largest absolute Gasteiger partial charge is 0.425 e. The van der Waals surface area contributed by atoms with E-state index in [9.17, 15) is 0 Å². The fourth-order valence-corrected chi connectivity index (χ4v) is 2.36. The number of hydrogen-bond acceptors (Lipinski definition) is 12. The molecule has 6 aromatic heterocycles. The average molecular weight is 405 g/mol. The van der Waals surface area contributed by atoms with Crippen molar-refractivity contribution in [1.29, 1.82) is 0 Å². The minimum atomic E-state index is 0.549. The predicted molar refractivity (Wildman–Crippen MR) is 103 cm³/mol. The van der Waals surface area contributed by atoms with Crippen molar-refractivity contribution in [3.8, 4) is 0 Å². The van der Waals surface area contributed by atoms with Gasteiger partial charge in [-0.15, -0.1) is 0 Å². The Balaban J connectivity index is 0.000000109. The van der Waals surface area contributed by atoms with Crippen LogP contribution in [0.1, 0.15) is 17.4 Å². The molecule has 12 heteroatoms. The molecular weight excluding hydrogens is 390 g/mol. The topological polar surface area (TPSA) is 155 Å². The molecule has 0 aromatic carbocycles. The van der Waals surface area contributed by atoms with E-state index >= 15 is 0 Å². The molecule has 6 aromatic rings. The van der Waals surface area contributed by atoms with E-state index in [1.54, 1.807) is 19.3 Å². The first-order valence-corrected chi connectivity index (χ1v) is 8.67. The minimum absolute atomic E-state index is 0.549. The number of oxazole rings is 3. The van der Waals surface area contributed by atoms with Crippen LogP contribution in [0.4, 0.5) is 0 Å². The molecule has 30 heavy (non-hydrogen) atoms. The van der Waals surface area contributed by atoms with Crippen LogP contribution in [0.25, 0.3) is 33.7 Å². The van der Waals surface area contributed by atoms with Gasteiger partial charge >= 0.3 is 0 Å². The second-order valence-corrected chi connectivity index (χ2v) is 5.87. The van der Waals surface area contributed by atoms with Gasteiger partial charge in [0, 0.05) is 6.92 Å². The van der Waals surface area contributed by atoms with Crippen molar-refractivity contribution < 1.29 is 13.3 Å². The smallest absolute Gasteiger partial charge is 0.250 e. The lowest BCUT2D eigenvalue weighted by molar-refractivity contribution is 0.551. The van der Waals surface area contributed by atoms with Crippen LogP contribution in [0.5, 0.6) is 0 Å². The molecule has 0 radical (unpaired) electrons. The van der Waals surface area contributed by atoms with Gasteiger partial charge in [0.1, 0.15) is 29.5 Å². The van der Waals surface area contributed by atoms with Gasteiger partial charge < -0.3 is 13.3 Å². The van der Waals surface area contributed by atoms with E-state index in [0.717, 1.165) is 11.2 Å². The van der Waals surface area contributed by atoms with Crippen LogP contribution in [0.15, 0.2) is 51.1 Å². The minimum Gasteiger partial charge on any atom is -0.425 e. The lowest BCUT2D eigenvalue weighted by atomic mass is 10.4. The van der Waals surface area contributed by atoms with E-state index in [1.807, 2.05) is 13.8 Å². The summed E-state index contributed by atoms with van der Waals surface area (Å²) in [5.74, 6) is 1.32. The highest BCUT2D eigenvalue weighted by molar-refractivity contribution is 5.69. The Morgan fingerprint density at radius 3 is 2.30 bits per heavy atom. The van der Waals surface area contributed by atoms with Crippen molar-refractivity contribution in [2.75, 3.05) is 0 Å². The Kier molecular flexibility index (Phi) is 5.28. The molecule has 0 amide bonds. The molecule has 0 aliphatic rings. The molecule has 0 aliphatic heterocycles. The second-order valence-electron chi connectivity index (χ2n) is 5.87. The predicted octanol–water partition coefficient (Wildman–Crippen LogP) is 2.78. The maximum Gasteiger partial charge on any atom is 0.250 e. The molecule has 0 aliphatic carbocycles. The van der Waals surface area contributed by atoms with Gasteiger partial charge in [-0.2, -0.15) is 15.0 Å². The molecule has 0 bridgehead atoms. The monoisotopic (exact) mass is 405 g/mol. The molecule has 0 N–H and O–H groups in total. The Morgan fingerprint density at radius 2 is 1.47 bits per heavy atom. The fourth-order valence-electron chi connectivity index (χ4n) is 2.36. The summed E-state index contributed by atoms with van der Waals surface area (Å²) in [4.78, 5) is 35.2. The number of rotatable bonds is 0. The van der Waals surface area contributed by atoms with E-state index in [-0.39, 0.29) is 0 Å². The summed E-state index contributed by atoms with van der Waals surface area (Å²) < 4.78 is 15.0. The summed E-state index contributed by atoms with van der Waals surface area (Å²) in [6.45, 7) is 5.45. The quantitative estimate of drug-likeness (QED) is 0.364. The molecule has 6 heterocycles. The van der Waals surface area contributed by atoms with Gasteiger partial charge in [0.15, 0.2) is 24.2 Å². The summed E-state index contributed by atoms with van der Waals surface area (Å²) in [5, 5.41) is 0. The van der Waals surface area contributed by atoms with Crippen LogP contribution in [-0.2, 0) is 0 Å². The van der Waals surface area contributed by atoms with E-state index in [1.165, 1.54) is 25.4 Å². The third-order valence-corrected chi connectivity index (χ3v) is 3.71. The zero-order valence-electron chi connectivity index (χ0n) is 16.2. The molecule has 12 nitrogen and oxygen atoms in total. The van der Waals surface area contributed by atoms with Crippen molar-refractivity contribution in [3.63, 3.8) is 0 Å². The molecule has 0 atom stereocenters. The highest BCUT2D eigenvalue weighted by atomic mass is 16.4. The van der Waals surface area contributed by atoms with Crippen LogP contribution < -0.4 is 0 Å². The van der Waals surface area contributed by atoms with Gasteiger partial charge in [0.05, 0.1) is 18.1 Å². The van der Waals surface area contributed by atoms with Crippen molar-refractivity contribution in [3.05, 3.63) is 55.2 Å². The van der Waals surface area contributed by atoms with Gasteiger partial charge in [0.25, 0.3) is 0 Å². The van der Waals surface area contributed by atoms with E-state index < -0.39 is 0 Å². The lowest BCUT2D eigenvalue weighted by Crippen LogP contribution is -1.84. The Hall–Kier alpha value is -4.35. The SMILES string of the molecule is Cc1nc2cncnc2o1.Cc1ncc2ncoc2n1.Cc1ncnc2ocnc12. The van der Waals surface area contributed by atoms with Gasteiger partial charge in [-0.3, -0.25) is 0 Å². The third kappa shape index (κ3) is 4.22. The molecule has 0 unspecified atom stereocenters. The van der Waals surface area contributed by atoms with Crippen molar-refractivity contribution >= 4 is 33.7 Å². The maximum absolute atomic E-state index is 5.11. The molecule has 150 valence electrons. The summed E-state index contributed by atoms with van der Waals surface area (Å²) in [5.41, 5.74) is 4.64. The van der Waals surface area contributed by atoms with Gasteiger partial charge in [-0.25, -0.2) is 29.9 Å². The van der Waals surface area contributed by atoms with E-state index in [4.69, 9.17) is 13.3 Å². The molecular formula is C18H15N9O3. The normalized spacial score (nSPS) is 10.5. The zero-order valence-corrected chi connectivity index (χ0v) is 16.2. The Bertz CT molecular complexity index is 1370. The standard InChI is InChI=1S/3C6H5N3O/c1-4-5-6(8-2-7-4)10-3-9-5;1-4-7-2-5-6(9-4)10-3-8-5;1-4-9-5-2-7-3-8-6(5)10-4/h3*2-3H,1H3. The first-order valence-electron chi connectivity index (χ1n) is 8.67. The molecule has 0 spiro atoms. The maximum atomic E-state index is 5.11. The highest BCUT2D eigenvalue weighted by Crippen LogP contribution is 2.10. The third-order valence-electron chi connectivity index (χ3n) is 3.71. The van der Waals surface area contributed by atoms with Crippen molar-refractivity contribution in [1.82, 2.24) is 44.9 Å². The number of nitrogens with zero attached hydrogens (tertiary/aromatic N) is 9. The van der Waals surface area contributed by atoms with E-state index in [0.29, 0.717) is 39.9 Å². The Labute approximate surface area is 168 Å². The second kappa shape index (κ2) is 8.34. The zero-order chi connectivity index (χ0) is 20.9. The summed E-state index contributed by atoms with van der Waals surface area (Å²) >= 11 is 0. The summed E-state index contributed by atoms with van der Waals surface area (Å²) in [6, 6.07) is 0. The highest BCUT2D eigenvalue weighted by Gasteiger charge is 2.01. The molecule has 0 fully saturated rings. The van der Waals surface area contributed by atoms with Crippen LogP contribution in [0.2, 0.25) is 0 Å². The van der Waals surface area contributed by atoms with Crippen LogP contribution in [-0.4, -0.2) is 44.9 Å². The van der Waals surface area contributed by atoms with Crippen LogP contribution >= 0.6 is 0 Å². The number of aryl methyl sites for hydroxylation is 3. The lowest BCUT2D eigenvalue weighted by Gasteiger charge is -1.87. The van der Waals surface area contributed by atoms with Crippen LogP contribution in [0, 0.1) is 20.8 Å². The summed E-state index contributed by atoms with van der Waals surface area (Å²) in [6.07, 6.45) is 8.89. The molecule has 0 saturated carbocycles. The van der Waals surface area contributed by atoms with Gasteiger partial charge in [0.2, 0.25) is 17.1 Å². The number of aromatic nitrogens is 9. The van der Waals surface area contributed by atoms with E-state index in [2.05, 4.69) is 44.9 Å². The summed E-state index contributed by atoms with van der Waals surface area (Å²) in [7, 11) is 0. The first kappa shape index (κ1) is 19.0. The fraction of sp³-hybridized carbons (Fsp3) is 0.167. The van der Waals surface area contributed by atoms with Gasteiger partial charge in [-0.1, -0.05) is 0 Å². The first-order chi connectivity index (χ1) is 14.6. The van der Waals surface area contributed by atoms with Crippen molar-refractivity contribution in [2.45, 2.75) is 20.8 Å². The van der Waals surface area contributed by atoms with Crippen LogP contribution in [0.3, 0.4) is 0 Å². The molecule has 6 rings (SSSR count).